The molecule has 24 heavy (non-hydrogen) atoms. The van der Waals surface area contributed by atoms with Crippen LogP contribution in [-0.4, -0.2) is 18.4 Å². The van der Waals surface area contributed by atoms with Gasteiger partial charge in [-0.1, -0.05) is 47.5 Å². The van der Waals surface area contributed by atoms with Gasteiger partial charge in [0.2, 0.25) is 5.91 Å². The Balaban J connectivity index is 1.79. The van der Waals surface area contributed by atoms with Crippen molar-refractivity contribution in [3.8, 4) is 0 Å². The molecule has 0 saturated heterocycles. The second-order valence-electron chi connectivity index (χ2n) is 5.33. The Morgan fingerprint density at radius 3 is 2.54 bits per heavy atom. The van der Waals surface area contributed by atoms with E-state index in [1.807, 2.05) is 25.1 Å². The lowest BCUT2D eigenvalue weighted by Crippen LogP contribution is -2.32. The zero-order valence-corrected chi connectivity index (χ0v) is 14.7. The molecule has 2 amide bonds. The SMILES string of the molecule is C[C@@H](NC(=O)CCNC(=O)c1ccccc1Cl)c1cccc(Cl)c1. The molecule has 0 aliphatic rings. The van der Waals surface area contributed by atoms with E-state index < -0.39 is 0 Å². The molecule has 6 heteroatoms. The van der Waals surface area contributed by atoms with Gasteiger partial charge in [-0.3, -0.25) is 9.59 Å². The molecule has 2 rings (SSSR count). The van der Waals surface area contributed by atoms with E-state index in [1.54, 1.807) is 30.3 Å². The van der Waals surface area contributed by atoms with E-state index in [0.717, 1.165) is 5.56 Å². The number of rotatable bonds is 6. The summed E-state index contributed by atoms with van der Waals surface area (Å²) >= 11 is 11.9. The fourth-order valence-electron chi connectivity index (χ4n) is 2.20. The summed E-state index contributed by atoms with van der Waals surface area (Å²) in [5.74, 6) is -0.446. The van der Waals surface area contributed by atoms with Crippen LogP contribution in [0.4, 0.5) is 0 Å². The molecule has 0 spiro atoms. The van der Waals surface area contributed by atoms with E-state index >= 15 is 0 Å². The normalized spacial score (nSPS) is 11.6. The lowest BCUT2D eigenvalue weighted by Gasteiger charge is -2.15. The van der Waals surface area contributed by atoms with Crippen molar-refractivity contribution in [2.75, 3.05) is 6.54 Å². The average molecular weight is 365 g/mol. The van der Waals surface area contributed by atoms with Crippen LogP contribution in [-0.2, 0) is 4.79 Å². The van der Waals surface area contributed by atoms with Gasteiger partial charge in [-0.25, -0.2) is 0 Å². The Labute approximate surface area is 151 Å². The van der Waals surface area contributed by atoms with E-state index in [0.29, 0.717) is 15.6 Å². The van der Waals surface area contributed by atoms with Crippen LogP contribution in [0.15, 0.2) is 48.5 Å². The monoisotopic (exact) mass is 364 g/mol. The van der Waals surface area contributed by atoms with Crippen LogP contribution in [0, 0.1) is 0 Å². The second kappa shape index (κ2) is 8.71. The summed E-state index contributed by atoms with van der Waals surface area (Å²) in [5, 5.41) is 6.57. The van der Waals surface area contributed by atoms with Crippen LogP contribution < -0.4 is 10.6 Å². The summed E-state index contributed by atoms with van der Waals surface area (Å²) in [6, 6.07) is 13.9. The van der Waals surface area contributed by atoms with Crippen molar-refractivity contribution in [3.63, 3.8) is 0 Å². The molecule has 0 heterocycles. The van der Waals surface area contributed by atoms with Crippen molar-refractivity contribution >= 4 is 35.0 Å². The van der Waals surface area contributed by atoms with Crippen LogP contribution in [0.5, 0.6) is 0 Å². The number of halogens is 2. The molecule has 2 aromatic carbocycles. The number of carbonyl (C=O) groups excluding carboxylic acids is 2. The molecule has 2 aromatic rings. The standard InChI is InChI=1S/C18H18Cl2N2O2/c1-12(13-5-4-6-14(19)11-13)22-17(23)9-10-21-18(24)15-7-2-3-8-16(15)20/h2-8,11-12H,9-10H2,1H3,(H,21,24)(H,22,23)/t12-/m1/s1. The highest BCUT2D eigenvalue weighted by atomic mass is 35.5. The topological polar surface area (TPSA) is 58.2 Å². The Bertz CT molecular complexity index is 734. The molecule has 0 aliphatic carbocycles. The zero-order chi connectivity index (χ0) is 17.5. The smallest absolute Gasteiger partial charge is 0.252 e. The van der Waals surface area contributed by atoms with Gasteiger partial charge in [-0.15, -0.1) is 0 Å². The minimum atomic E-state index is -0.295. The quantitative estimate of drug-likeness (QED) is 0.813. The van der Waals surface area contributed by atoms with E-state index in [1.165, 1.54) is 0 Å². The third-order valence-corrected chi connectivity index (χ3v) is 4.05. The van der Waals surface area contributed by atoms with Crippen LogP contribution in [0.25, 0.3) is 0 Å². The molecule has 1 atom stereocenters. The van der Waals surface area contributed by atoms with E-state index in [-0.39, 0.29) is 30.8 Å². The molecule has 0 unspecified atom stereocenters. The minimum Gasteiger partial charge on any atom is -0.351 e. The first-order valence-corrected chi connectivity index (χ1v) is 8.30. The third kappa shape index (κ3) is 5.25. The Morgan fingerprint density at radius 2 is 1.83 bits per heavy atom. The maximum absolute atomic E-state index is 12.0. The summed E-state index contributed by atoms with van der Waals surface area (Å²) in [6.07, 6.45) is 0.182. The molecule has 0 aromatic heterocycles. The molecule has 0 aliphatic heterocycles. The highest BCUT2D eigenvalue weighted by Gasteiger charge is 2.12. The summed E-state index contributed by atoms with van der Waals surface area (Å²) in [5.41, 5.74) is 1.32. The number of nitrogens with one attached hydrogen (secondary N) is 2. The van der Waals surface area contributed by atoms with Crippen molar-refractivity contribution in [1.29, 1.82) is 0 Å². The van der Waals surface area contributed by atoms with Crippen LogP contribution in [0.3, 0.4) is 0 Å². The Morgan fingerprint density at radius 1 is 1.08 bits per heavy atom. The van der Waals surface area contributed by atoms with Crippen molar-refractivity contribution in [2.24, 2.45) is 0 Å². The number of carbonyl (C=O) groups is 2. The lowest BCUT2D eigenvalue weighted by atomic mass is 10.1. The Hall–Kier alpha value is -2.04. The first kappa shape index (κ1) is 18.3. The molecule has 4 nitrogen and oxygen atoms in total. The molecule has 2 N–H and O–H groups in total. The van der Waals surface area contributed by atoms with Crippen LogP contribution in [0.2, 0.25) is 10.0 Å². The van der Waals surface area contributed by atoms with E-state index in [4.69, 9.17) is 23.2 Å². The maximum atomic E-state index is 12.0. The summed E-state index contributed by atoms with van der Waals surface area (Å²) in [4.78, 5) is 24.0. The number of hydrogen-bond acceptors (Lipinski definition) is 2. The van der Waals surface area contributed by atoms with Gasteiger partial charge in [-0.05, 0) is 36.8 Å². The van der Waals surface area contributed by atoms with Gasteiger partial charge in [0.1, 0.15) is 0 Å². The third-order valence-electron chi connectivity index (χ3n) is 3.48. The van der Waals surface area contributed by atoms with Crippen molar-refractivity contribution in [1.82, 2.24) is 10.6 Å². The second-order valence-corrected chi connectivity index (χ2v) is 6.17. The summed E-state index contributed by atoms with van der Waals surface area (Å²) in [7, 11) is 0. The summed E-state index contributed by atoms with van der Waals surface area (Å²) in [6.45, 7) is 2.12. The largest absolute Gasteiger partial charge is 0.351 e. The van der Waals surface area contributed by atoms with Gasteiger partial charge in [0.25, 0.3) is 5.91 Å². The fraction of sp³-hybridized carbons (Fsp3) is 0.222. The maximum Gasteiger partial charge on any atom is 0.252 e. The van der Waals surface area contributed by atoms with Gasteiger partial charge in [-0.2, -0.15) is 0 Å². The molecule has 0 saturated carbocycles. The van der Waals surface area contributed by atoms with E-state index in [2.05, 4.69) is 10.6 Å². The minimum absolute atomic E-state index is 0.151. The van der Waals surface area contributed by atoms with Gasteiger partial charge < -0.3 is 10.6 Å². The van der Waals surface area contributed by atoms with Gasteiger partial charge in [0, 0.05) is 18.0 Å². The first-order valence-electron chi connectivity index (χ1n) is 7.55. The average Bonchev–Trinajstić information content (AvgIpc) is 2.55. The van der Waals surface area contributed by atoms with Crippen LogP contribution >= 0.6 is 23.2 Å². The summed E-state index contributed by atoms with van der Waals surface area (Å²) < 4.78 is 0. The Kier molecular flexibility index (Phi) is 6.64. The predicted molar refractivity (Wildman–Crippen MR) is 96.4 cm³/mol. The number of hydrogen-bond donors (Lipinski definition) is 2. The fourth-order valence-corrected chi connectivity index (χ4v) is 2.62. The number of amides is 2. The van der Waals surface area contributed by atoms with Gasteiger partial charge >= 0.3 is 0 Å². The first-order chi connectivity index (χ1) is 11.5. The molecule has 0 bridgehead atoms. The highest BCUT2D eigenvalue weighted by molar-refractivity contribution is 6.33. The lowest BCUT2D eigenvalue weighted by molar-refractivity contribution is -0.121. The van der Waals surface area contributed by atoms with Gasteiger partial charge in [0.15, 0.2) is 0 Å². The zero-order valence-electron chi connectivity index (χ0n) is 13.2. The highest BCUT2D eigenvalue weighted by Crippen LogP contribution is 2.17. The molecular weight excluding hydrogens is 347 g/mol. The van der Waals surface area contributed by atoms with Crippen molar-refractivity contribution in [2.45, 2.75) is 19.4 Å². The molecular formula is C18H18Cl2N2O2. The molecule has 0 fully saturated rings. The van der Waals surface area contributed by atoms with Crippen molar-refractivity contribution < 1.29 is 9.59 Å². The predicted octanol–water partition coefficient (Wildman–Crippen LogP) is 3.99. The molecule has 0 radical (unpaired) electrons. The van der Waals surface area contributed by atoms with Crippen LogP contribution in [0.1, 0.15) is 35.3 Å². The van der Waals surface area contributed by atoms with Gasteiger partial charge in [0.05, 0.1) is 16.6 Å². The van der Waals surface area contributed by atoms with Crippen molar-refractivity contribution in [3.05, 3.63) is 69.7 Å². The molecule has 126 valence electrons. The van der Waals surface area contributed by atoms with E-state index in [9.17, 15) is 9.59 Å². The number of benzene rings is 2.